The average Bonchev–Trinajstić information content (AvgIpc) is 2.28. The minimum atomic E-state index is -0.425. The molecule has 4 heteroatoms. The Morgan fingerprint density at radius 2 is 1.85 bits per heavy atom. The number of aryl methyl sites for hydroxylation is 1. The number of hydrogen-bond acceptors (Lipinski definition) is 3. The molecule has 1 aromatic heterocycles. The lowest BCUT2D eigenvalue weighted by molar-refractivity contribution is 0.446. The van der Waals surface area contributed by atoms with Gasteiger partial charge in [-0.15, -0.1) is 10.2 Å². The van der Waals surface area contributed by atoms with Crippen LogP contribution in [0.2, 0.25) is 0 Å². The molecule has 0 aromatic carbocycles. The minimum Gasteiger partial charge on any atom is -0.319 e. The SMILES string of the molecule is Cc1nnc(C(C)(C)N)n1C(C)C. The van der Waals surface area contributed by atoms with Crippen LogP contribution in [0.5, 0.6) is 0 Å². The Morgan fingerprint density at radius 1 is 1.31 bits per heavy atom. The van der Waals surface area contributed by atoms with Gasteiger partial charge >= 0.3 is 0 Å². The van der Waals surface area contributed by atoms with E-state index in [1.54, 1.807) is 0 Å². The van der Waals surface area contributed by atoms with E-state index in [0.717, 1.165) is 11.6 Å². The Balaban J connectivity index is 3.23. The van der Waals surface area contributed by atoms with Crippen molar-refractivity contribution >= 4 is 0 Å². The smallest absolute Gasteiger partial charge is 0.152 e. The largest absolute Gasteiger partial charge is 0.319 e. The third-order valence-corrected chi connectivity index (χ3v) is 1.96. The lowest BCUT2D eigenvalue weighted by Crippen LogP contribution is -2.33. The van der Waals surface area contributed by atoms with Crippen molar-refractivity contribution in [1.29, 1.82) is 0 Å². The van der Waals surface area contributed by atoms with Gasteiger partial charge < -0.3 is 10.3 Å². The van der Waals surface area contributed by atoms with Crippen LogP contribution in [0, 0.1) is 6.92 Å². The predicted molar refractivity (Wildman–Crippen MR) is 52.4 cm³/mol. The number of nitrogens with zero attached hydrogens (tertiary/aromatic N) is 3. The standard InChI is InChI=1S/C9H18N4/c1-6(2)13-7(3)11-12-8(13)9(4,5)10/h6H,10H2,1-5H3. The summed E-state index contributed by atoms with van der Waals surface area (Å²) in [4.78, 5) is 0. The van der Waals surface area contributed by atoms with Crippen LogP contribution >= 0.6 is 0 Å². The van der Waals surface area contributed by atoms with Gasteiger partial charge in [0.1, 0.15) is 5.82 Å². The van der Waals surface area contributed by atoms with Gasteiger partial charge in [0.25, 0.3) is 0 Å². The molecular weight excluding hydrogens is 164 g/mol. The maximum atomic E-state index is 5.99. The second-order valence-electron chi connectivity index (χ2n) is 4.26. The van der Waals surface area contributed by atoms with E-state index in [9.17, 15) is 0 Å². The fourth-order valence-corrected chi connectivity index (χ4v) is 1.43. The van der Waals surface area contributed by atoms with Gasteiger partial charge in [-0.2, -0.15) is 0 Å². The molecule has 0 unspecified atom stereocenters. The molecule has 1 rings (SSSR count). The minimum absolute atomic E-state index is 0.354. The fraction of sp³-hybridized carbons (Fsp3) is 0.778. The van der Waals surface area contributed by atoms with E-state index in [1.807, 2.05) is 20.8 Å². The van der Waals surface area contributed by atoms with Crippen LogP contribution in [0.3, 0.4) is 0 Å². The van der Waals surface area contributed by atoms with Crippen LogP contribution in [0.1, 0.15) is 45.4 Å². The lowest BCUT2D eigenvalue weighted by atomic mass is 10.1. The van der Waals surface area contributed by atoms with Gasteiger partial charge in [0.15, 0.2) is 5.82 Å². The van der Waals surface area contributed by atoms with E-state index < -0.39 is 5.54 Å². The zero-order valence-corrected chi connectivity index (χ0v) is 9.00. The van der Waals surface area contributed by atoms with Crippen LogP contribution in [0.4, 0.5) is 0 Å². The zero-order valence-electron chi connectivity index (χ0n) is 9.00. The maximum Gasteiger partial charge on any atom is 0.152 e. The van der Waals surface area contributed by atoms with E-state index in [-0.39, 0.29) is 0 Å². The van der Waals surface area contributed by atoms with Gasteiger partial charge in [-0.3, -0.25) is 0 Å². The van der Waals surface area contributed by atoms with E-state index in [4.69, 9.17) is 5.73 Å². The summed E-state index contributed by atoms with van der Waals surface area (Å²) in [5, 5.41) is 8.13. The summed E-state index contributed by atoms with van der Waals surface area (Å²) in [5.74, 6) is 1.77. The molecule has 0 saturated heterocycles. The van der Waals surface area contributed by atoms with Crippen molar-refractivity contribution in [2.75, 3.05) is 0 Å². The Kier molecular flexibility index (Phi) is 2.43. The van der Waals surface area contributed by atoms with Crippen molar-refractivity contribution in [1.82, 2.24) is 14.8 Å². The highest BCUT2D eigenvalue weighted by molar-refractivity contribution is 5.05. The summed E-state index contributed by atoms with van der Waals surface area (Å²) in [6.07, 6.45) is 0. The van der Waals surface area contributed by atoms with Crippen LogP contribution in [-0.2, 0) is 5.54 Å². The summed E-state index contributed by atoms with van der Waals surface area (Å²) in [5.41, 5.74) is 5.56. The van der Waals surface area contributed by atoms with Crippen LogP contribution in [0.25, 0.3) is 0 Å². The molecule has 0 aliphatic carbocycles. The van der Waals surface area contributed by atoms with Gasteiger partial charge in [0.2, 0.25) is 0 Å². The second kappa shape index (κ2) is 3.10. The molecule has 0 fully saturated rings. The molecule has 13 heavy (non-hydrogen) atoms. The van der Waals surface area contributed by atoms with Crippen molar-refractivity contribution in [3.05, 3.63) is 11.6 Å². The van der Waals surface area contributed by atoms with Crippen LogP contribution in [0.15, 0.2) is 0 Å². The van der Waals surface area contributed by atoms with Crippen LogP contribution in [-0.4, -0.2) is 14.8 Å². The third-order valence-electron chi connectivity index (χ3n) is 1.96. The molecule has 1 heterocycles. The number of hydrogen-bond donors (Lipinski definition) is 1. The Morgan fingerprint density at radius 3 is 2.15 bits per heavy atom. The molecule has 0 aliphatic rings. The molecule has 0 saturated carbocycles. The molecule has 1 aromatic rings. The van der Waals surface area contributed by atoms with Gasteiger partial charge in [0.05, 0.1) is 5.54 Å². The van der Waals surface area contributed by atoms with Crippen molar-refractivity contribution in [2.24, 2.45) is 5.73 Å². The van der Waals surface area contributed by atoms with Crippen molar-refractivity contribution < 1.29 is 0 Å². The predicted octanol–water partition coefficient (Wildman–Crippen LogP) is 1.36. The normalized spacial score (nSPS) is 12.5. The molecule has 0 amide bonds. The molecular formula is C9H18N4. The molecule has 2 N–H and O–H groups in total. The van der Waals surface area contributed by atoms with Crippen molar-refractivity contribution in [3.8, 4) is 0 Å². The van der Waals surface area contributed by atoms with Crippen LogP contribution < -0.4 is 5.73 Å². The summed E-state index contributed by atoms with van der Waals surface area (Å²) >= 11 is 0. The summed E-state index contributed by atoms with van der Waals surface area (Å²) in [7, 11) is 0. The van der Waals surface area contributed by atoms with E-state index in [2.05, 4.69) is 28.6 Å². The van der Waals surface area contributed by atoms with Gasteiger partial charge in [-0.1, -0.05) is 0 Å². The van der Waals surface area contributed by atoms with E-state index >= 15 is 0 Å². The van der Waals surface area contributed by atoms with Gasteiger partial charge in [-0.25, -0.2) is 0 Å². The third kappa shape index (κ3) is 1.88. The topological polar surface area (TPSA) is 56.7 Å². The first kappa shape index (κ1) is 10.2. The number of aromatic nitrogens is 3. The molecule has 0 atom stereocenters. The first-order chi connectivity index (χ1) is 5.84. The summed E-state index contributed by atoms with van der Waals surface area (Å²) < 4.78 is 2.07. The fourth-order valence-electron chi connectivity index (χ4n) is 1.43. The molecule has 0 bridgehead atoms. The Labute approximate surface area is 79.2 Å². The highest BCUT2D eigenvalue weighted by Gasteiger charge is 2.23. The Hall–Kier alpha value is -0.900. The number of nitrogens with two attached hydrogens (primary N) is 1. The zero-order chi connectivity index (χ0) is 10.2. The van der Waals surface area contributed by atoms with Gasteiger partial charge in [-0.05, 0) is 34.6 Å². The first-order valence-electron chi connectivity index (χ1n) is 4.55. The maximum absolute atomic E-state index is 5.99. The van der Waals surface area contributed by atoms with E-state index in [1.165, 1.54) is 0 Å². The second-order valence-corrected chi connectivity index (χ2v) is 4.26. The molecule has 4 nitrogen and oxygen atoms in total. The average molecular weight is 182 g/mol. The van der Waals surface area contributed by atoms with Crippen molar-refractivity contribution in [2.45, 2.75) is 46.2 Å². The summed E-state index contributed by atoms with van der Waals surface area (Å²) in [6.45, 7) is 10.0. The number of rotatable bonds is 2. The molecule has 74 valence electrons. The highest BCUT2D eigenvalue weighted by Crippen LogP contribution is 2.19. The van der Waals surface area contributed by atoms with Gasteiger partial charge in [0, 0.05) is 6.04 Å². The first-order valence-corrected chi connectivity index (χ1v) is 4.55. The summed E-state index contributed by atoms with van der Waals surface area (Å²) in [6, 6.07) is 0.354. The molecule has 0 spiro atoms. The highest BCUT2D eigenvalue weighted by atomic mass is 15.3. The monoisotopic (exact) mass is 182 g/mol. The Bertz CT molecular complexity index is 293. The molecule has 0 aliphatic heterocycles. The molecule has 0 radical (unpaired) electrons. The quantitative estimate of drug-likeness (QED) is 0.751. The van der Waals surface area contributed by atoms with Crippen molar-refractivity contribution in [3.63, 3.8) is 0 Å². The lowest BCUT2D eigenvalue weighted by Gasteiger charge is -2.21. The van der Waals surface area contributed by atoms with E-state index in [0.29, 0.717) is 6.04 Å².